The number of hydrogen-bond acceptors (Lipinski definition) is 3. The molecule has 0 bridgehead atoms. The normalized spacial score (nSPS) is 10.2. The Hall–Kier alpha value is -2.27. The summed E-state index contributed by atoms with van der Waals surface area (Å²) in [4.78, 5) is 11.7. The number of nitrogen functional groups attached to an aromatic ring is 1. The summed E-state index contributed by atoms with van der Waals surface area (Å²) in [5.41, 5.74) is 7.30. The van der Waals surface area contributed by atoms with E-state index in [1.54, 1.807) is 18.2 Å². The van der Waals surface area contributed by atoms with Gasteiger partial charge in [-0.25, -0.2) is 4.39 Å². The summed E-state index contributed by atoms with van der Waals surface area (Å²) in [7, 11) is 0. The van der Waals surface area contributed by atoms with E-state index in [1.807, 2.05) is 6.92 Å². The highest BCUT2D eigenvalue weighted by Crippen LogP contribution is 2.31. The predicted molar refractivity (Wildman–Crippen MR) is 83.6 cm³/mol. The molecule has 1 amide bonds. The van der Waals surface area contributed by atoms with Gasteiger partial charge in [0.15, 0.2) is 0 Å². The number of benzene rings is 2. The molecule has 0 aliphatic carbocycles. The summed E-state index contributed by atoms with van der Waals surface area (Å²) in [5, 5.41) is 5.78. The highest BCUT2D eigenvalue weighted by molar-refractivity contribution is 6.33. The van der Waals surface area contributed by atoms with Gasteiger partial charge >= 0.3 is 0 Å². The topological polar surface area (TPSA) is 67.2 Å². The van der Waals surface area contributed by atoms with Crippen molar-refractivity contribution < 1.29 is 9.18 Å². The number of nitrogens with one attached hydrogen (secondary N) is 2. The molecule has 0 aliphatic rings. The molecular formula is C15H15ClFN3O. The molecule has 6 heteroatoms. The Kier molecular flexibility index (Phi) is 4.65. The van der Waals surface area contributed by atoms with E-state index in [-0.39, 0.29) is 16.6 Å². The van der Waals surface area contributed by atoms with Crippen LogP contribution in [0.3, 0.4) is 0 Å². The van der Waals surface area contributed by atoms with Crippen LogP contribution in [0.1, 0.15) is 17.3 Å². The Morgan fingerprint density at radius 2 is 2.10 bits per heavy atom. The molecule has 0 unspecified atom stereocenters. The van der Waals surface area contributed by atoms with E-state index in [9.17, 15) is 9.18 Å². The van der Waals surface area contributed by atoms with Crippen molar-refractivity contribution in [1.82, 2.24) is 5.32 Å². The van der Waals surface area contributed by atoms with Crippen molar-refractivity contribution >= 4 is 34.6 Å². The number of carbonyl (C=O) groups excluding carboxylic acids is 1. The fraction of sp³-hybridized carbons (Fsp3) is 0.133. The van der Waals surface area contributed by atoms with Gasteiger partial charge in [-0.2, -0.15) is 0 Å². The van der Waals surface area contributed by atoms with Gasteiger partial charge in [-0.1, -0.05) is 17.7 Å². The number of halogens is 2. The third-order valence-corrected chi connectivity index (χ3v) is 3.19. The lowest BCUT2D eigenvalue weighted by Gasteiger charge is -2.12. The number of rotatable bonds is 4. The van der Waals surface area contributed by atoms with Gasteiger partial charge in [0.2, 0.25) is 0 Å². The molecular weight excluding hydrogens is 293 g/mol. The molecule has 2 aromatic rings. The van der Waals surface area contributed by atoms with Gasteiger partial charge in [0.25, 0.3) is 5.91 Å². The molecule has 0 radical (unpaired) electrons. The van der Waals surface area contributed by atoms with Crippen molar-refractivity contribution in [2.45, 2.75) is 6.92 Å². The predicted octanol–water partition coefficient (Wildman–Crippen LogP) is 3.55. The van der Waals surface area contributed by atoms with Crippen LogP contribution in [0.2, 0.25) is 5.02 Å². The lowest BCUT2D eigenvalue weighted by molar-refractivity contribution is 0.0956. The molecule has 0 atom stereocenters. The summed E-state index contributed by atoms with van der Waals surface area (Å²) < 4.78 is 13.7. The molecule has 0 saturated carbocycles. The molecule has 0 fully saturated rings. The van der Waals surface area contributed by atoms with Gasteiger partial charge in [0, 0.05) is 12.1 Å². The van der Waals surface area contributed by atoms with Crippen molar-refractivity contribution in [3.63, 3.8) is 0 Å². The highest BCUT2D eigenvalue weighted by atomic mass is 35.5. The Morgan fingerprint density at radius 3 is 2.71 bits per heavy atom. The average Bonchev–Trinajstić information content (AvgIpc) is 2.44. The van der Waals surface area contributed by atoms with E-state index in [1.165, 1.54) is 18.2 Å². The fourth-order valence-electron chi connectivity index (χ4n) is 1.83. The van der Waals surface area contributed by atoms with Crippen LogP contribution in [-0.4, -0.2) is 12.5 Å². The van der Waals surface area contributed by atoms with Gasteiger partial charge in [0.1, 0.15) is 5.82 Å². The number of carbonyl (C=O) groups is 1. The zero-order valence-electron chi connectivity index (χ0n) is 11.4. The molecule has 4 N–H and O–H groups in total. The van der Waals surface area contributed by atoms with E-state index in [0.29, 0.717) is 23.5 Å². The summed E-state index contributed by atoms with van der Waals surface area (Å²) >= 11 is 5.95. The quantitative estimate of drug-likeness (QED) is 0.757. The minimum atomic E-state index is -0.477. The lowest BCUT2D eigenvalue weighted by Crippen LogP contribution is -2.22. The van der Waals surface area contributed by atoms with Crippen molar-refractivity contribution in [2.24, 2.45) is 0 Å². The van der Waals surface area contributed by atoms with Crippen LogP contribution in [0.15, 0.2) is 36.4 Å². The van der Waals surface area contributed by atoms with Crippen LogP contribution >= 0.6 is 11.6 Å². The van der Waals surface area contributed by atoms with E-state index < -0.39 is 5.82 Å². The summed E-state index contributed by atoms with van der Waals surface area (Å²) in [5.74, 6) is -0.686. The largest absolute Gasteiger partial charge is 0.397 e. The first-order valence-corrected chi connectivity index (χ1v) is 6.79. The number of amides is 1. The summed E-state index contributed by atoms with van der Waals surface area (Å²) in [6, 6.07) is 9.15. The Morgan fingerprint density at radius 1 is 1.33 bits per heavy atom. The molecule has 0 saturated heterocycles. The minimum Gasteiger partial charge on any atom is -0.397 e. The first-order valence-electron chi connectivity index (χ1n) is 6.41. The van der Waals surface area contributed by atoms with E-state index >= 15 is 0 Å². The van der Waals surface area contributed by atoms with E-state index in [4.69, 9.17) is 17.3 Å². The van der Waals surface area contributed by atoms with Gasteiger partial charge in [-0.15, -0.1) is 0 Å². The standard InChI is InChI=1S/C15H15ClFN3O/c1-2-19-15(21)9-6-7-13(12(18)8-9)20-14-10(16)4-3-5-11(14)17/h3-8,20H,2,18H2,1H3,(H,19,21). The average molecular weight is 308 g/mol. The van der Waals surface area contributed by atoms with Crippen LogP contribution in [0.25, 0.3) is 0 Å². The molecule has 0 heterocycles. The summed E-state index contributed by atoms with van der Waals surface area (Å²) in [6.07, 6.45) is 0. The van der Waals surface area contributed by atoms with Crippen molar-refractivity contribution in [2.75, 3.05) is 17.6 Å². The molecule has 0 aromatic heterocycles. The Labute approximate surface area is 127 Å². The highest BCUT2D eigenvalue weighted by Gasteiger charge is 2.11. The van der Waals surface area contributed by atoms with Gasteiger partial charge in [-0.3, -0.25) is 4.79 Å². The van der Waals surface area contributed by atoms with Crippen LogP contribution in [0.5, 0.6) is 0 Å². The molecule has 4 nitrogen and oxygen atoms in total. The number of para-hydroxylation sites is 1. The first kappa shape index (κ1) is 15.1. The van der Waals surface area contributed by atoms with Crippen LogP contribution in [-0.2, 0) is 0 Å². The molecule has 2 aromatic carbocycles. The second kappa shape index (κ2) is 6.45. The van der Waals surface area contributed by atoms with Crippen molar-refractivity contribution in [3.05, 3.63) is 52.8 Å². The van der Waals surface area contributed by atoms with Crippen LogP contribution < -0.4 is 16.4 Å². The van der Waals surface area contributed by atoms with Gasteiger partial charge < -0.3 is 16.4 Å². The number of anilines is 3. The van der Waals surface area contributed by atoms with Crippen LogP contribution in [0.4, 0.5) is 21.5 Å². The summed E-state index contributed by atoms with van der Waals surface area (Å²) in [6.45, 7) is 2.36. The SMILES string of the molecule is CCNC(=O)c1ccc(Nc2c(F)cccc2Cl)c(N)c1. The maximum atomic E-state index is 13.7. The van der Waals surface area contributed by atoms with Gasteiger partial charge in [-0.05, 0) is 37.3 Å². The lowest BCUT2D eigenvalue weighted by atomic mass is 10.1. The third kappa shape index (κ3) is 3.44. The molecule has 2 rings (SSSR count). The van der Waals surface area contributed by atoms with Crippen LogP contribution in [0, 0.1) is 5.82 Å². The molecule has 0 spiro atoms. The van der Waals surface area contributed by atoms with Crippen molar-refractivity contribution in [3.8, 4) is 0 Å². The second-order valence-electron chi connectivity index (χ2n) is 4.38. The Balaban J connectivity index is 2.28. The zero-order valence-corrected chi connectivity index (χ0v) is 12.2. The van der Waals surface area contributed by atoms with E-state index in [2.05, 4.69) is 10.6 Å². The minimum absolute atomic E-state index is 0.150. The maximum Gasteiger partial charge on any atom is 0.251 e. The fourth-order valence-corrected chi connectivity index (χ4v) is 2.04. The smallest absolute Gasteiger partial charge is 0.251 e. The zero-order chi connectivity index (χ0) is 15.4. The van der Waals surface area contributed by atoms with E-state index in [0.717, 1.165) is 0 Å². The number of hydrogen-bond donors (Lipinski definition) is 3. The second-order valence-corrected chi connectivity index (χ2v) is 4.79. The molecule has 21 heavy (non-hydrogen) atoms. The third-order valence-electron chi connectivity index (χ3n) is 2.87. The maximum absolute atomic E-state index is 13.7. The van der Waals surface area contributed by atoms with Crippen molar-refractivity contribution in [1.29, 1.82) is 0 Å². The molecule has 110 valence electrons. The monoisotopic (exact) mass is 307 g/mol. The first-order chi connectivity index (χ1) is 10.0. The number of nitrogens with two attached hydrogens (primary N) is 1. The Bertz CT molecular complexity index is 656. The molecule has 0 aliphatic heterocycles. The van der Waals surface area contributed by atoms with Gasteiger partial charge in [0.05, 0.1) is 22.1 Å².